The summed E-state index contributed by atoms with van der Waals surface area (Å²) in [7, 11) is 4.08. The van der Waals surface area contributed by atoms with Gasteiger partial charge in [-0.05, 0) is 62.3 Å². The lowest BCUT2D eigenvalue weighted by Gasteiger charge is -2.38. The van der Waals surface area contributed by atoms with Gasteiger partial charge >= 0.3 is 0 Å². The Bertz CT molecular complexity index is 719. The van der Waals surface area contributed by atoms with Crippen LogP contribution in [-0.4, -0.2) is 75.4 Å². The van der Waals surface area contributed by atoms with Crippen molar-refractivity contribution >= 4 is 29.9 Å². The van der Waals surface area contributed by atoms with Gasteiger partial charge in [0.2, 0.25) is 0 Å². The molecule has 4 rings (SSSR count). The first-order chi connectivity index (χ1) is 14.7. The first-order valence-electron chi connectivity index (χ1n) is 11.6. The van der Waals surface area contributed by atoms with Crippen molar-refractivity contribution in [3.63, 3.8) is 0 Å². The fourth-order valence-corrected chi connectivity index (χ4v) is 5.08. The molecular formula is C24H39IN4O2. The van der Waals surface area contributed by atoms with Crippen LogP contribution in [0, 0.1) is 5.41 Å². The Balaban J connectivity index is 0.00000272. The number of hydrogen-bond donors (Lipinski definition) is 1. The van der Waals surface area contributed by atoms with Gasteiger partial charge in [-0.25, -0.2) is 0 Å². The van der Waals surface area contributed by atoms with Gasteiger partial charge in [-0.2, -0.15) is 0 Å². The van der Waals surface area contributed by atoms with Gasteiger partial charge in [0.15, 0.2) is 5.96 Å². The van der Waals surface area contributed by atoms with E-state index in [0.29, 0.717) is 18.1 Å². The zero-order valence-corrected chi connectivity index (χ0v) is 21.5. The van der Waals surface area contributed by atoms with E-state index in [1.54, 1.807) is 0 Å². The minimum atomic E-state index is 0. The molecule has 0 aromatic heterocycles. The number of likely N-dealkylation sites (N-methyl/N-ethyl adjacent to an activating group) is 1. The Morgan fingerprint density at radius 3 is 2.77 bits per heavy atom. The third-order valence-electron chi connectivity index (χ3n) is 7.24. The Kier molecular flexibility index (Phi) is 9.28. The standard InChI is InChI=1S/C24H38N4O2.HI/c1-25-23(28-12-11-24(19-28)9-4-10-24)26-18-20-5-3-6-22(17-20)30-16-13-27(2)21-7-14-29-15-8-21;/h3,5-6,17,21H,4,7-16,18-19H2,1-2H3,(H,25,26);1H. The van der Waals surface area contributed by atoms with Crippen molar-refractivity contribution in [3.8, 4) is 5.75 Å². The van der Waals surface area contributed by atoms with Crippen LogP contribution in [0.15, 0.2) is 29.3 Å². The van der Waals surface area contributed by atoms with Crippen molar-refractivity contribution in [2.45, 2.75) is 51.1 Å². The number of halogens is 1. The van der Waals surface area contributed by atoms with Gasteiger partial charge in [-0.3, -0.25) is 9.89 Å². The summed E-state index contributed by atoms with van der Waals surface area (Å²) in [5.41, 5.74) is 1.81. The average molecular weight is 543 g/mol. The number of likely N-dealkylation sites (tertiary alicyclic amines) is 1. The molecule has 0 atom stereocenters. The van der Waals surface area contributed by atoms with E-state index < -0.39 is 0 Å². The molecule has 1 saturated carbocycles. The summed E-state index contributed by atoms with van der Waals surface area (Å²) in [6, 6.07) is 9.05. The number of aliphatic imine (C=N–C) groups is 1. The predicted octanol–water partition coefficient (Wildman–Crippen LogP) is 3.75. The maximum absolute atomic E-state index is 6.05. The zero-order valence-electron chi connectivity index (χ0n) is 19.1. The minimum Gasteiger partial charge on any atom is -0.492 e. The largest absolute Gasteiger partial charge is 0.492 e. The van der Waals surface area contributed by atoms with Crippen LogP contribution in [0.2, 0.25) is 0 Å². The molecule has 7 heteroatoms. The number of hydrogen-bond acceptors (Lipinski definition) is 4. The van der Waals surface area contributed by atoms with Crippen molar-refractivity contribution in [2.24, 2.45) is 10.4 Å². The van der Waals surface area contributed by atoms with Crippen molar-refractivity contribution in [1.82, 2.24) is 15.1 Å². The molecule has 1 aromatic rings. The highest BCUT2D eigenvalue weighted by Gasteiger charge is 2.43. The Hall–Kier alpha value is -1.06. The van der Waals surface area contributed by atoms with Crippen molar-refractivity contribution < 1.29 is 9.47 Å². The smallest absolute Gasteiger partial charge is 0.193 e. The van der Waals surface area contributed by atoms with Crippen LogP contribution < -0.4 is 10.1 Å². The van der Waals surface area contributed by atoms with E-state index in [2.05, 4.69) is 45.4 Å². The SMILES string of the molecule is CN=C(NCc1cccc(OCCN(C)C2CCOCC2)c1)N1CCC2(CCC2)C1.I. The normalized spacial score (nSPS) is 21.1. The van der Waals surface area contributed by atoms with E-state index in [-0.39, 0.29) is 24.0 Å². The number of ether oxygens (including phenoxy) is 2. The molecule has 1 spiro atoms. The fraction of sp³-hybridized carbons (Fsp3) is 0.708. The van der Waals surface area contributed by atoms with Gasteiger partial charge in [0, 0.05) is 52.5 Å². The van der Waals surface area contributed by atoms with Crippen LogP contribution in [0.5, 0.6) is 5.75 Å². The molecule has 3 aliphatic rings. The molecule has 174 valence electrons. The van der Waals surface area contributed by atoms with Crippen LogP contribution in [0.1, 0.15) is 44.1 Å². The molecule has 31 heavy (non-hydrogen) atoms. The van der Waals surface area contributed by atoms with Crippen LogP contribution >= 0.6 is 24.0 Å². The lowest BCUT2D eigenvalue weighted by atomic mass is 9.68. The lowest BCUT2D eigenvalue weighted by Crippen LogP contribution is -2.42. The summed E-state index contributed by atoms with van der Waals surface area (Å²) >= 11 is 0. The molecule has 6 nitrogen and oxygen atoms in total. The van der Waals surface area contributed by atoms with E-state index in [4.69, 9.17) is 9.47 Å². The highest BCUT2D eigenvalue weighted by molar-refractivity contribution is 14.0. The molecule has 2 aliphatic heterocycles. The predicted molar refractivity (Wildman–Crippen MR) is 136 cm³/mol. The van der Waals surface area contributed by atoms with Gasteiger partial charge in [-0.1, -0.05) is 18.6 Å². The summed E-state index contributed by atoms with van der Waals surface area (Å²) in [5, 5.41) is 3.56. The number of guanidine groups is 1. The second kappa shape index (κ2) is 11.7. The second-order valence-corrected chi connectivity index (χ2v) is 9.25. The second-order valence-electron chi connectivity index (χ2n) is 9.25. The molecular weight excluding hydrogens is 503 g/mol. The molecule has 1 N–H and O–H groups in total. The first kappa shape index (κ1) is 24.6. The summed E-state index contributed by atoms with van der Waals surface area (Å²) in [4.78, 5) is 9.37. The van der Waals surface area contributed by atoms with Crippen molar-refractivity contribution in [2.75, 3.05) is 53.6 Å². The maximum atomic E-state index is 6.05. The molecule has 0 bridgehead atoms. The van der Waals surface area contributed by atoms with Gasteiger partial charge < -0.3 is 19.7 Å². The molecule has 2 heterocycles. The summed E-state index contributed by atoms with van der Waals surface area (Å²) in [6.07, 6.45) is 7.75. The number of nitrogens with zero attached hydrogens (tertiary/aromatic N) is 3. The van der Waals surface area contributed by atoms with Crippen molar-refractivity contribution in [3.05, 3.63) is 29.8 Å². The topological polar surface area (TPSA) is 49.3 Å². The molecule has 1 aliphatic carbocycles. The van der Waals surface area contributed by atoms with E-state index in [1.165, 1.54) is 31.2 Å². The monoisotopic (exact) mass is 542 g/mol. The Morgan fingerprint density at radius 2 is 2.10 bits per heavy atom. The summed E-state index contributed by atoms with van der Waals surface area (Å²) in [6.45, 7) is 6.48. The molecule has 2 saturated heterocycles. The minimum absolute atomic E-state index is 0. The summed E-state index contributed by atoms with van der Waals surface area (Å²) in [5.74, 6) is 1.97. The third kappa shape index (κ3) is 6.48. The first-order valence-corrected chi connectivity index (χ1v) is 11.6. The number of nitrogens with one attached hydrogen (secondary N) is 1. The lowest BCUT2D eigenvalue weighted by molar-refractivity contribution is 0.0392. The van der Waals surface area contributed by atoms with Gasteiger partial charge in [0.1, 0.15) is 12.4 Å². The average Bonchev–Trinajstić information content (AvgIpc) is 3.21. The van der Waals surface area contributed by atoms with Crippen molar-refractivity contribution in [1.29, 1.82) is 0 Å². The maximum Gasteiger partial charge on any atom is 0.193 e. The van der Waals surface area contributed by atoms with E-state index >= 15 is 0 Å². The number of benzene rings is 1. The summed E-state index contributed by atoms with van der Waals surface area (Å²) < 4.78 is 11.5. The molecule has 0 amide bonds. The highest BCUT2D eigenvalue weighted by atomic mass is 127. The molecule has 0 radical (unpaired) electrons. The number of rotatable bonds is 7. The Morgan fingerprint density at radius 1 is 1.29 bits per heavy atom. The van der Waals surface area contributed by atoms with E-state index in [0.717, 1.165) is 63.9 Å². The fourth-order valence-electron chi connectivity index (χ4n) is 5.08. The Labute approximate surface area is 204 Å². The van der Waals surface area contributed by atoms with Crippen LogP contribution in [-0.2, 0) is 11.3 Å². The zero-order chi connectivity index (χ0) is 20.8. The van der Waals surface area contributed by atoms with E-state index in [1.807, 2.05) is 13.1 Å². The molecule has 1 aromatic carbocycles. The third-order valence-corrected chi connectivity index (χ3v) is 7.24. The highest BCUT2D eigenvalue weighted by Crippen LogP contribution is 2.47. The molecule has 0 unspecified atom stereocenters. The van der Waals surface area contributed by atoms with Gasteiger partial charge in [0.05, 0.1) is 0 Å². The van der Waals surface area contributed by atoms with E-state index in [9.17, 15) is 0 Å². The van der Waals surface area contributed by atoms with Gasteiger partial charge in [-0.15, -0.1) is 24.0 Å². The molecule has 3 fully saturated rings. The van der Waals surface area contributed by atoms with Crippen LogP contribution in [0.25, 0.3) is 0 Å². The van der Waals surface area contributed by atoms with Gasteiger partial charge in [0.25, 0.3) is 0 Å². The quantitative estimate of drug-likeness (QED) is 0.323. The van der Waals surface area contributed by atoms with Crippen LogP contribution in [0.4, 0.5) is 0 Å². The van der Waals surface area contributed by atoms with Crippen LogP contribution in [0.3, 0.4) is 0 Å².